The molecule has 196 valence electrons. The van der Waals surface area contributed by atoms with E-state index in [0.29, 0.717) is 12.0 Å². The van der Waals surface area contributed by atoms with Crippen LogP contribution in [0.4, 0.5) is 5.95 Å². The van der Waals surface area contributed by atoms with Crippen LogP contribution in [0, 0.1) is 10.8 Å². The van der Waals surface area contributed by atoms with Gasteiger partial charge in [0.05, 0.1) is 17.3 Å². The van der Waals surface area contributed by atoms with Crippen LogP contribution in [-0.4, -0.2) is 45.4 Å². The highest BCUT2D eigenvalue weighted by molar-refractivity contribution is 6.02. The number of furan rings is 1. The van der Waals surface area contributed by atoms with Crippen molar-refractivity contribution in [3.05, 3.63) is 60.6 Å². The van der Waals surface area contributed by atoms with Gasteiger partial charge in [0.15, 0.2) is 5.76 Å². The molecule has 1 saturated heterocycles. The summed E-state index contributed by atoms with van der Waals surface area (Å²) in [5, 5.41) is 6.60. The maximum Gasteiger partial charge on any atom is 0.293 e. The number of fused-ring (bicyclic) bond motifs is 1. The number of carbonyl (C=O) groups is 2. The number of amides is 2. The summed E-state index contributed by atoms with van der Waals surface area (Å²) in [4.78, 5) is 31.7. The molecule has 0 bridgehead atoms. The van der Waals surface area contributed by atoms with Crippen LogP contribution in [0.25, 0.3) is 11.0 Å². The summed E-state index contributed by atoms with van der Waals surface area (Å²) in [6, 6.07) is 10.2. The van der Waals surface area contributed by atoms with Gasteiger partial charge >= 0.3 is 0 Å². The number of aromatic nitrogens is 2. The van der Waals surface area contributed by atoms with Crippen LogP contribution >= 0.6 is 0 Å². The fourth-order valence-electron chi connectivity index (χ4n) is 5.57. The molecule has 2 fully saturated rings. The van der Waals surface area contributed by atoms with Crippen molar-refractivity contribution in [3.63, 3.8) is 0 Å². The van der Waals surface area contributed by atoms with E-state index in [4.69, 9.17) is 9.40 Å². The van der Waals surface area contributed by atoms with Gasteiger partial charge < -0.3 is 19.2 Å². The highest BCUT2D eigenvalue weighted by Crippen LogP contribution is 2.55. The molecular weight excluding hydrogens is 466 g/mol. The lowest BCUT2D eigenvalue weighted by molar-refractivity contribution is -0.125. The third-order valence-electron chi connectivity index (χ3n) is 8.26. The molecule has 3 heterocycles. The molecule has 2 N–H and O–H groups in total. The van der Waals surface area contributed by atoms with E-state index >= 15 is 0 Å². The number of nitrogens with one attached hydrogen (secondary N) is 2. The van der Waals surface area contributed by atoms with Crippen LogP contribution in [0.2, 0.25) is 0 Å². The molecule has 8 heteroatoms. The quantitative estimate of drug-likeness (QED) is 0.435. The number of carbonyl (C=O) groups excluding carboxylic acids is 2. The third-order valence-corrected chi connectivity index (χ3v) is 8.26. The molecule has 2 amide bonds. The Kier molecular flexibility index (Phi) is 6.48. The second-order valence-electron chi connectivity index (χ2n) is 11.8. The first-order valence-electron chi connectivity index (χ1n) is 13.1. The minimum atomic E-state index is -0.319. The molecule has 0 radical (unpaired) electrons. The number of likely N-dealkylation sites (tertiary alicyclic amines) is 1. The lowest BCUT2D eigenvalue weighted by Gasteiger charge is -2.46. The SMILES string of the molecule is C=CC(=O)N1CCC2(CC(n3c(NC(=O)c4ccco4)nc4cc(CN[C@@H](C)C(C)(C)C)ccc43)C2)C1. The third kappa shape index (κ3) is 4.94. The molecule has 1 aromatic carbocycles. The lowest BCUT2D eigenvalue weighted by atomic mass is 9.64. The van der Waals surface area contributed by atoms with Crippen LogP contribution in [0.3, 0.4) is 0 Å². The molecule has 2 aliphatic rings. The van der Waals surface area contributed by atoms with E-state index in [-0.39, 0.29) is 34.4 Å². The van der Waals surface area contributed by atoms with Crippen molar-refractivity contribution in [2.24, 2.45) is 10.8 Å². The van der Waals surface area contributed by atoms with Gasteiger partial charge in [-0.3, -0.25) is 14.9 Å². The summed E-state index contributed by atoms with van der Waals surface area (Å²) in [5.74, 6) is 0.461. The smallest absolute Gasteiger partial charge is 0.293 e. The number of benzene rings is 1. The predicted octanol–water partition coefficient (Wildman–Crippen LogP) is 5.15. The molecular formula is C29H37N5O3. The molecule has 1 atom stereocenters. The highest BCUT2D eigenvalue weighted by Gasteiger charge is 2.50. The number of anilines is 1. The standard InChI is InChI=1S/C29H37N5O3/c1-6-25(35)33-12-11-29(18-33)15-21(16-29)34-23-10-9-20(17-30-19(2)28(3,4)5)14-22(23)31-27(34)32-26(36)24-8-7-13-37-24/h6-10,13-14,19,21,30H,1,11-12,15-18H2,2-5H3,(H,31,32,36)/t19-,21?,29?/m0/s1. The van der Waals surface area contributed by atoms with E-state index in [1.807, 2.05) is 4.90 Å². The minimum absolute atomic E-state index is 0.00160. The number of hydrogen-bond donors (Lipinski definition) is 2. The second-order valence-corrected chi connectivity index (χ2v) is 11.8. The summed E-state index contributed by atoms with van der Waals surface area (Å²) >= 11 is 0. The zero-order chi connectivity index (χ0) is 26.4. The van der Waals surface area contributed by atoms with E-state index in [1.165, 1.54) is 12.3 Å². The average Bonchev–Trinajstić information content (AvgIpc) is 3.58. The summed E-state index contributed by atoms with van der Waals surface area (Å²) in [6.07, 6.45) is 5.76. The topological polar surface area (TPSA) is 92.4 Å². The van der Waals surface area contributed by atoms with Crippen molar-refractivity contribution in [2.45, 2.75) is 65.6 Å². The maximum atomic E-state index is 12.9. The molecule has 1 aliphatic carbocycles. The largest absolute Gasteiger partial charge is 0.459 e. The van der Waals surface area contributed by atoms with Crippen molar-refractivity contribution >= 4 is 28.8 Å². The van der Waals surface area contributed by atoms with Crippen LogP contribution < -0.4 is 10.6 Å². The van der Waals surface area contributed by atoms with E-state index in [2.05, 4.69) is 67.7 Å². The van der Waals surface area contributed by atoms with Crippen LogP contribution in [-0.2, 0) is 11.3 Å². The summed E-state index contributed by atoms with van der Waals surface area (Å²) in [7, 11) is 0. The molecule has 2 aromatic heterocycles. The fraction of sp³-hybridized carbons (Fsp3) is 0.483. The molecule has 0 unspecified atom stereocenters. The Balaban J connectivity index is 1.40. The molecule has 37 heavy (non-hydrogen) atoms. The Bertz CT molecular complexity index is 1310. The van der Waals surface area contributed by atoms with E-state index < -0.39 is 0 Å². The molecule has 3 aromatic rings. The number of rotatable bonds is 7. The molecule has 1 spiro atoms. The zero-order valence-corrected chi connectivity index (χ0v) is 22.2. The minimum Gasteiger partial charge on any atom is -0.459 e. The van der Waals surface area contributed by atoms with Gasteiger partial charge in [-0.15, -0.1) is 0 Å². The highest BCUT2D eigenvalue weighted by atomic mass is 16.3. The number of hydrogen-bond acceptors (Lipinski definition) is 5. The van der Waals surface area contributed by atoms with Gasteiger partial charge in [0.1, 0.15) is 0 Å². The monoisotopic (exact) mass is 503 g/mol. The van der Waals surface area contributed by atoms with E-state index in [9.17, 15) is 9.59 Å². The Morgan fingerprint density at radius 1 is 1.30 bits per heavy atom. The van der Waals surface area contributed by atoms with Gasteiger partial charge in [0.25, 0.3) is 5.91 Å². The Hall–Kier alpha value is -3.39. The molecule has 1 aliphatic heterocycles. The van der Waals surface area contributed by atoms with E-state index in [1.54, 1.807) is 12.1 Å². The average molecular weight is 504 g/mol. The molecule has 1 saturated carbocycles. The maximum absolute atomic E-state index is 12.9. The Morgan fingerprint density at radius 3 is 2.76 bits per heavy atom. The summed E-state index contributed by atoms with van der Waals surface area (Å²) in [5.41, 5.74) is 3.29. The normalized spacial score (nSPS) is 22.3. The molecule has 8 nitrogen and oxygen atoms in total. The summed E-state index contributed by atoms with van der Waals surface area (Å²) in [6.45, 7) is 14.8. The lowest BCUT2D eigenvalue weighted by Crippen LogP contribution is -2.42. The van der Waals surface area contributed by atoms with Crippen molar-refractivity contribution < 1.29 is 14.0 Å². The van der Waals surface area contributed by atoms with Crippen molar-refractivity contribution in [2.75, 3.05) is 18.4 Å². The van der Waals surface area contributed by atoms with Gasteiger partial charge in [0, 0.05) is 31.7 Å². The number of nitrogens with zero attached hydrogens (tertiary/aromatic N) is 3. The first kappa shape index (κ1) is 25.3. The van der Waals surface area contributed by atoms with Gasteiger partial charge in [-0.05, 0) is 72.9 Å². The number of imidazole rings is 1. The van der Waals surface area contributed by atoms with Crippen LogP contribution in [0.5, 0.6) is 0 Å². The Labute approximate surface area is 218 Å². The van der Waals surface area contributed by atoms with E-state index in [0.717, 1.165) is 55.5 Å². The van der Waals surface area contributed by atoms with Gasteiger partial charge in [-0.1, -0.05) is 33.4 Å². The van der Waals surface area contributed by atoms with Gasteiger partial charge in [-0.25, -0.2) is 4.98 Å². The van der Waals surface area contributed by atoms with Gasteiger partial charge in [0.2, 0.25) is 11.9 Å². The predicted molar refractivity (Wildman–Crippen MR) is 144 cm³/mol. The fourth-order valence-corrected chi connectivity index (χ4v) is 5.57. The van der Waals surface area contributed by atoms with Crippen molar-refractivity contribution in [1.82, 2.24) is 19.8 Å². The van der Waals surface area contributed by atoms with Crippen molar-refractivity contribution in [1.29, 1.82) is 0 Å². The first-order chi connectivity index (χ1) is 17.6. The van der Waals surface area contributed by atoms with Crippen LogP contribution in [0.15, 0.2) is 53.7 Å². The van der Waals surface area contributed by atoms with Crippen molar-refractivity contribution in [3.8, 4) is 0 Å². The molecule has 5 rings (SSSR count). The second kappa shape index (κ2) is 9.49. The summed E-state index contributed by atoms with van der Waals surface area (Å²) < 4.78 is 7.46. The Morgan fingerprint density at radius 2 is 2.08 bits per heavy atom. The van der Waals surface area contributed by atoms with Crippen LogP contribution in [0.1, 0.15) is 69.1 Å². The zero-order valence-electron chi connectivity index (χ0n) is 22.2. The first-order valence-corrected chi connectivity index (χ1v) is 13.1. The van der Waals surface area contributed by atoms with Gasteiger partial charge in [-0.2, -0.15) is 0 Å².